The van der Waals surface area contributed by atoms with E-state index in [1.165, 1.54) is 11.1 Å². The van der Waals surface area contributed by atoms with E-state index in [2.05, 4.69) is 49.2 Å². The molecule has 0 aromatic heterocycles. The molecule has 0 saturated carbocycles. The summed E-state index contributed by atoms with van der Waals surface area (Å²) in [5.41, 5.74) is 2.29. The van der Waals surface area contributed by atoms with E-state index in [-0.39, 0.29) is 5.41 Å². The van der Waals surface area contributed by atoms with Crippen LogP contribution in [0.2, 0.25) is 0 Å². The number of piperidine rings is 1. The summed E-state index contributed by atoms with van der Waals surface area (Å²) in [6.07, 6.45) is 2.94. The number of aryl methyl sites for hydroxylation is 1. The van der Waals surface area contributed by atoms with Crippen molar-refractivity contribution in [1.29, 1.82) is 5.26 Å². The van der Waals surface area contributed by atoms with E-state index in [4.69, 9.17) is 0 Å². The number of hydrogen-bond donors (Lipinski definition) is 0. The predicted molar refractivity (Wildman–Crippen MR) is 69.8 cm³/mol. The molecule has 17 heavy (non-hydrogen) atoms. The first-order chi connectivity index (χ1) is 8.20. The fourth-order valence-electron chi connectivity index (χ4n) is 2.55. The summed E-state index contributed by atoms with van der Waals surface area (Å²) < 4.78 is 0. The highest BCUT2D eigenvalue weighted by Crippen LogP contribution is 2.34. The number of rotatable bonds is 2. The van der Waals surface area contributed by atoms with Gasteiger partial charge in [-0.2, -0.15) is 5.26 Å². The summed E-state index contributed by atoms with van der Waals surface area (Å²) in [6, 6.07) is 11.1. The Morgan fingerprint density at radius 1 is 1.35 bits per heavy atom. The summed E-state index contributed by atoms with van der Waals surface area (Å²) in [5, 5.41) is 9.58. The molecule has 1 aromatic carbocycles. The van der Waals surface area contributed by atoms with Crippen LogP contribution in [0.4, 0.5) is 0 Å². The molecule has 0 N–H and O–H groups in total. The van der Waals surface area contributed by atoms with Crippen molar-refractivity contribution in [3.63, 3.8) is 0 Å². The van der Waals surface area contributed by atoms with Crippen LogP contribution in [0.25, 0.3) is 0 Å². The fourth-order valence-corrected chi connectivity index (χ4v) is 2.55. The zero-order valence-corrected chi connectivity index (χ0v) is 10.7. The van der Waals surface area contributed by atoms with E-state index in [9.17, 15) is 5.26 Å². The molecule has 1 aromatic rings. The SMILES string of the molecule is CCc1cccc(C2(C#N)CCN(C)CC2)c1. The zero-order chi connectivity index (χ0) is 12.3. The molecule has 0 unspecified atom stereocenters. The highest BCUT2D eigenvalue weighted by atomic mass is 15.1. The van der Waals surface area contributed by atoms with Gasteiger partial charge < -0.3 is 4.90 Å². The van der Waals surface area contributed by atoms with Gasteiger partial charge in [-0.25, -0.2) is 0 Å². The number of nitrogens with zero attached hydrogens (tertiary/aromatic N) is 2. The molecular weight excluding hydrogens is 208 g/mol. The number of benzene rings is 1. The van der Waals surface area contributed by atoms with Crippen molar-refractivity contribution in [2.45, 2.75) is 31.6 Å². The highest BCUT2D eigenvalue weighted by Gasteiger charge is 2.35. The minimum Gasteiger partial charge on any atom is -0.306 e. The lowest BCUT2D eigenvalue weighted by molar-refractivity contribution is 0.222. The molecule has 1 saturated heterocycles. The van der Waals surface area contributed by atoms with Gasteiger partial charge in [0.25, 0.3) is 0 Å². The first kappa shape index (κ1) is 12.1. The van der Waals surface area contributed by atoms with Crippen molar-refractivity contribution in [3.8, 4) is 6.07 Å². The second-order valence-corrected chi connectivity index (χ2v) is 5.05. The molecule has 1 aliphatic rings. The van der Waals surface area contributed by atoms with Crippen LogP contribution < -0.4 is 0 Å². The Morgan fingerprint density at radius 2 is 2.06 bits per heavy atom. The van der Waals surface area contributed by atoms with Crippen LogP contribution >= 0.6 is 0 Å². The molecule has 2 rings (SSSR count). The number of hydrogen-bond acceptors (Lipinski definition) is 2. The molecule has 1 heterocycles. The molecule has 0 spiro atoms. The molecule has 2 nitrogen and oxygen atoms in total. The average Bonchev–Trinajstić information content (AvgIpc) is 2.40. The third-order valence-electron chi connectivity index (χ3n) is 3.94. The molecule has 0 atom stereocenters. The van der Waals surface area contributed by atoms with Gasteiger partial charge in [0.15, 0.2) is 0 Å². The Morgan fingerprint density at radius 3 is 2.65 bits per heavy atom. The summed E-state index contributed by atoms with van der Waals surface area (Å²) in [4.78, 5) is 2.30. The molecule has 1 fully saturated rings. The van der Waals surface area contributed by atoms with Gasteiger partial charge in [0.1, 0.15) is 0 Å². The Bertz CT molecular complexity index is 423. The van der Waals surface area contributed by atoms with Crippen LogP contribution in [-0.2, 0) is 11.8 Å². The van der Waals surface area contributed by atoms with Crippen LogP contribution in [0.1, 0.15) is 30.9 Å². The van der Waals surface area contributed by atoms with Gasteiger partial charge in [-0.1, -0.05) is 31.2 Å². The second-order valence-electron chi connectivity index (χ2n) is 5.05. The monoisotopic (exact) mass is 228 g/mol. The Labute approximate surface area is 104 Å². The third kappa shape index (κ3) is 2.35. The standard InChI is InChI=1S/C15H20N2/c1-3-13-5-4-6-14(11-13)15(12-16)7-9-17(2)10-8-15/h4-6,11H,3,7-10H2,1-2H3. The molecule has 2 heteroatoms. The van der Waals surface area contributed by atoms with Gasteiger partial charge in [-0.05, 0) is 50.5 Å². The number of nitriles is 1. The fraction of sp³-hybridized carbons (Fsp3) is 0.533. The summed E-state index contributed by atoms with van der Waals surface area (Å²) >= 11 is 0. The van der Waals surface area contributed by atoms with Gasteiger partial charge >= 0.3 is 0 Å². The van der Waals surface area contributed by atoms with Crippen molar-refractivity contribution < 1.29 is 0 Å². The van der Waals surface area contributed by atoms with Crippen molar-refractivity contribution in [2.24, 2.45) is 0 Å². The van der Waals surface area contributed by atoms with E-state index in [1.807, 2.05) is 0 Å². The lowest BCUT2D eigenvalue weighted by Crippen LogP contribution is -2.39. The van der Waals surface area contributed by atoms with Crippen LogP contribution in [0.3, 0.4) is 0 Å². The molecule has 0 radical (unpaired) electrons. The molecule has 90 valence electrons. The average molecular weight is 228 g/mol. The van der Waals surface area contributed by atoms with Crippen molar-refractivity contribution in [2.75, 3.05) is 20.1 Å². The molecular formula is C15H20N2. The Kier molecular flexibility index (Phi) is 3.49. The maximum Gasteiger partial charge on any atom is 0.0846 e. The lowest BCUT2D eigenvalue weighted by atomic mass is 9.73. The van der Waals surface area contributed by atoms with Gasteiger partial charge in [-0.3, -0.25) is 0 Å². The summed E-state index contributed by atoms with van der Waals surface area (Å²) in [6.45, 7) is 4.20. The maximum atomic E-state index is 9.58. The topological polar surface area (TPSA) is 27.0 Å². The van der Waals surface area contributed by atoms with Crippen molar-refractivity contribution >= 4 is 0 Å². The Hall–Kier alpha value is -1.33. The normalized spacial score (nSPS) is 19.8. The second kappa shape index (κ2) is 4.89. The first-order valence-electron chi connectivity index (χ1n) is 6.39. The smallest absolute Gasteiger partial charge is 0.0846 e. The van der Waals surface area contributed by atoms with Gasteiger partial charge in [-0.15, -0.1) is 0 Å². The van der Waals surface area contributed by atoms with Gasteiger partial charge in [0.2, 0.25) is 0 Å². The third-order valence-corrected chi connectivity index (χ3v) is 3.94. The molecule has 0 bridgehead atoms. The predicted octanol–water partition coefficient (Wildman–Crippen LogP) is 2.74. The molecule has 0 amide bonds. The van der Waals surface area contributed by atoms with E-state index in [1.54, 1.807) is 0 Å². The maximum absolute atomic E-state index is 9.58. The van der Waals surface area contributed by atoms with Crippen LogP contribution in [0, 0.1) is 11.3 Å². The van der Waals surface area contributed by atoms with Gasteiger partial charge in [0, 0.05) is 0 Å². The van der Waals surface area contributed by atoms with Gasteiger partial charge in [0.05, 0.1) is 11.5 Å². The first-order valence-corrected chi connectivity index (χ1v) is 6.39. The summed E-state index contributed by atoms with van der Waals surface area (Å²) in [5.74, 6) is 0. The summed E-state index contributed by atoms with van der Waals surface area (Å²) in [7, 11) is 2.13. The minimum absolute atomic E-state index is 0.252. The largest absolute Gasteiger partial charge is 0.306 e. The van der Waals surface area contributed by atoms with E-state index in [0.29, 0.717) is 0 Å². The number of likely N-dealkylation sites (tertiary alicyclic amines) is 1. The molecule has 0 aliphatic carbocycles. The van der Waals surface area contributed by atoms with E-state index in [0.717, 1.165) is 32.4 Å². The zero-order valence-electron chi connectivity index (χ0n) is 10.7. The lowest BCUT2D eigenvalue weighted by Gasteiger charge is -2.36. The highest BCUT2D eigenvalue weighted by molar-refractivity contribution is 5.36. The van der Waals surface area contributed by atoms with Crippen LogP contribution in [-0.4, -0.2) is 25.0 Å². The van der Waals surface area contributed by atoms with Crippen LogP contribution in [0.5, 0.6) is 0 Å². The van der Waals surface area contributed by atoms with E-state index < -0.39 is 0 Å². The van der Waals surface area contributed by atoms with Crippen LogP contribution in [0.15, 0.2) is 24.3 Å². The Balaban J connectivity index is 2.32. The van der Waals surface area contributed by atoms with Crippen molar-refractivity contribution in [1.82, 2.24) is 4.90 Å². The molecule has 1 aliphatic heterocycles. The quantitative estimate of drug-likeness (QED) is 0.778. The van der Waals surface area contributed by atoms with E-state index >= 15 is 0 Å². The minimum atomic E-state index is -0.252. The van der Waals surface area contributed by atoms with Crippen molar-refractivity contribution in [3.05, 3.63) is 35.4 Å².